The average Bonchev–Trinajstić information content (AvgIpc) is 2.69. The predicted octanol–water partition coefficient (Wildman–Crippen LogP) is 4.68. The molecule has 1 atom stereocenters. The molecule has 2 aromatic carbocycles. The van der Waals surface area contributed by atoms with Crippen molar-refractivity contribution in [2.45, 2.75) is 43.5 Å². The van der Waals surface area contributed by atoms with Gasteiger partial charge in [0.05, 0.1) is 15.6 Å². The van der Waals surface area contributed by atoms with Crippen LogP contribution in [0.4, 0.5) is 10.1 Å². The summed E-state index contributed by atoms with van der Waals surface area (Å²) in [5.41, 5.74) is 0.489. The molecule has 0 radical (unpaired) electrons. The van der Waals surface area contributed by atoms with Gasteiger partial charge < -0.3 is 4.90 Å². The molecule has 1 amide bonds. The maximum absolute atomic E-state index is 13.1. The van der Waals surface area contributed by atoms with Crippen molar-refractivity contribution in [1.82, 2.24) is 4.90 Å². The molecule has 1 fully saturated rings. The zero-order chi connectivity index (χ0) is 20.3. The summed E-state index contributed by atoms with van der Waals surface area (Å²) in [6.45, 7) is 2.75. The number of carbonyl (C=O) groups excluding carboxylic acids is 1. The highest BCUT2D eigenvalue weighted by Gasteiger charge is 2.27. The number of halogens is 2. The van der Waals surface area contributed by atoms with Crippen LogP contribution in [-0.2, 0) is 10.0 Å². The summed E-state index contributed by atoms with van der Waals surface area (Å²) < 4.78 is 40.6. The summed E-state index contributed by atoms with van der Waals surface area (Å²) in [5, 5.41) is 0.174. The molecule has 0 spiro atoms. The molecule has 1 saturated heterocycles. The number of nitrogens with one attached hydrogen (secondary N) is 1. The van der Waals surface area contributed by atoms with E-state index in [1.165, 1.54) is 24.3 Å². The van der Waals surface area contributed by atoms with Gasteiger partial charge in [-0.3, -0.25) is 9.52 Å². The largest absolute Gasteiger partial charge is 0.336 e. The van der Waals surface area contributed by atoms with Crippen molar-refractivity contribution >= 4 is 33.2 Å². The van der Waals surface area contributed by atoms with Crippen molar-refractivity contribution in [2.24, 2.45) is 0 Å². The second kappa shape index (κ2) is 8.49. The van der Waals surface area contributed by atoms with Gasteiger partial charge in [0.1, 0.15) is 5.82 Å². The minimum atomic E-state index is -3.96. The Morgan fingerprint density at radius 1 is 1.21 bits per heavy atom. The Morgan fingerprint density at radius 2 is 1.93 bits per heavy atom. The average molecular weight is 425 g/mol. The number of anilines is 1. The van der Waals surface area contributed by atoms with E-state index in [4.69, 9.17) is 11.6 Å². The molecule has 5 nitrogen and oxygen atoms in total. The van der Waals surface area contributed by atoms with Crippen LogP contribution in [0.1, 0.15) is 43.0 Å². The van der Waals surface area contributed by atoms with E-state index < -0.39 is 15.8 Å². The Bertz CT molecular complexity index is 964. The van der Waals surface area contributed by atoms with Crippen LogP contribution in [0.25, 0.3) is 0 Å². The van der Waals surface area contributed by atoms with E-state index in [0.717, 1.165) is 37.8 Å². The minimum Gasteiger partial charge on any atom is -0.336 e. The molecule has 1 aliphatic rings. The molecule has 8 heteroatoms. The highest BCUT2D eigenvalue weighted by Crippen LogP contribution is 2.28. The van der Waals surface area contributed by atoms with Gasteiger partial charge in [0.25, 0.3) is 15.9 Å². The molecule has 3 rings (SSSR count). The van der Waals surface area contributed by atoms with Gasteiger partial charge in [0.15, 0.2) is 0 Å². The lowest BCUT2D eigenvalue weighted by molar-refractivity contribution is 0.0608. The molecule has 0 aromatic heterocycles. The summed E-state index contributed by atoms with van der Waals surface area (Å²) >= 11 is 6.15. The van der Waals surface area contributed by atoms with Crippen molar-refractivity contribution in [1.29, 1.82) is 0 Å². The Labute approximate surface area is 169 Å². The van der Waals surface area contributed by atoms with Crippen LogP contribution in [-0.4, -0.2) is 31.8 Å². The molecule has 0 unspecified atom stereocenters. The molecule has 0 bridgehead atoms. The van der Waals surface area contributed by atoms with E-state index >= 15 is 0 Å². The first-order valence-corrected chi connectivity index (χ1v) is 11.1. The molecule has 2 aromatic rings. The Kier molecular flexibility index (Phi) is 6.25. The fourth-order valence-electron chi connectivity index (χ4n) is 3.41. The maximum Gasteiger partial charge on any atom is 0.261 e. The summed E-state index contributed by atoms with van der Waals surface area (Å²) in [4.78, 5) is 14.7. The topological polar surface area (TPSA) is 66.5 Å². The van der Waals surface area contributed by atoms with E-state index in [0.29, 0.717) is 12.1 Å². The highest BCUT2D eigenvalue weighted by atomic mass is 35.5. The monoisotopic (exact) mass is 424 g/mol. The summed E-state index contributed by atoms with van der Waals surface area (Å²) in [5.74, 6) is -0.665. The smallest absolute Gasteiger partial charge is 0.261 e. The van der Waals surface area contributed by atoms with Gasteiger partial charge in [0, 0.05) is 18.2 Å². The Balaban J connectivity index is 1.87. The van der Waals surface area contributed by atoms with E-state index in [9.17, 15) is 17.6 Å². The number of sulfonamides is 1. The number of nitrogens with zero attached hydrogens (tertiary/aromatic N) is 1. The zero-order valence-electron chi connectivity index (χ0n) is 15.5. The Hall–Kier alpha value is -2.12. The third-order valence-electron chi connectivity index (χ3n) is 4.94. The van der Waals surface area contributed by atoms with Crippen LogP contribution in [0.3, 0.4) is 0 Å². The molecule has 1 heterocycles. The number of piperidine rings is 1. The number of benzene rings is 2. The van der Waals surface area contributed by atoms with Crippen molar-refractivity contribution in [3.05, 3.63) is 58.9 Å². The number of hydrogen-bond acceptors (Lipinski definition) is 3. The van der Waals surface area contributed by atoms with Crippen LogP contribution in [0, 0.1) is 5.82 Å². The highest BCUT2D eigenvalue weighted by molar-refractivity contribution is 7.92. The lowest BCUT2D eigenvalue weighted by Gasteiger charge is -2.35. The maximum atomic E-state index is 13.1. The molecule has 1 N–H and O–H groups in total. The van der Waals surface area contributed by atoms with E-state index in [1.54, 1.807) is 6.07 Å². The molecule has 1 aliphatic heterocycles. The second-order valence-corrected chi connectivity index (χ2v) is 8.90. The van der Waals surface area contributed by atoms with Gasteiger partial charge in [-0.2, -0.15) is 0 Å². The summed E-state index contributed by atoms with van der Waals surface area (Å²) in [6.07, 6.45) is 3.91. The predicted molar refractivity (Wildman–Crippen MR) is 108 cm³/mol. The second-order valence-electron chi connectivity index (χ2n) is 6.81. The first-order valence-electron chi connectivity index (χ1n) is 9.20. The van der Waals surface area contributed by atoms with E-state index in [2.05, 4.69) is 11.6 Å². The molecular weight excluding hydrogens is 403 g/mol. The van der Waals surface area contributed by atoms with Crippen LogP contribution in [0.2, 0.25) is 5.02 Å². The first-order chi connectivity index (χ1) is 13.3. The fourth-order valence-corrected chi connectivity index (χ4v) is 4.70. The molecular formula is C20H22ClFN2O3S. The van der Waals surface area contributed by atoms with Gasteiger partial charge in [-0.1, -0.05) is 18.5 Å². The van der Waals surface area contributed by atoms with Crippen LogP contribution in [0.5, 0.6) is 0 Å². The fraction of sp³-hybridized carbons (Fsp3) is 0.350. The third kappa shape index (κ3) is 4.47. The van der Waals surface area contributed by atoms with Crippen LogP contribution in [0.15, 0.2) is 47.4 Å². The third-order valence-corrected chi connectivity index (χ3v) is 6.65. The number of rotatable bonds is 5. The normalized spacial score (nSPS) is 17.4. The zero-order valence-corrected chi connectivity index (χ0v) is 17.1. The Morgan fingerprint density at radius 3 is 2.61 bits per heavy atom. The van der Waals surface area contributed by atoms with Crippen molar-refractivity contribution in [3.8, 4) is 0 Å². The summed E-state index contributed by atoms with van der Waals surface area (Å²) in [6, 6.07) is 9.21. The van der Waals surface area contributed by atoms with E-state index in [-0.39, 0.29) is 27.6 Å². The lowest BCUT2D eigenvalue weighted by atomic mass is 9.99. The summed E-state index contributed by atoms with van der Waals surface area (Å²) in [7, 11) is -3.96. The van der Waals surface area contributed by atoms with Crippen molar-refractivity contribution in [2.75, 3.05) is 11.3 Å². The van der Waals surface area contributed by atoms with Gasteiger partial charge in [-0.05, 0) is 68.1 Å². The van der Waals surface area contributed by atoms with Gasteiger partial charge in [-0.25, -0.2) is 12.8 Å². The first kappa shape index (κ1) is 20.6. The van der Waals surface area contributed by atoms with E-state index in [1.807, 2.05) is 4.90 Å². The molecule has 28 heavy (non-hydrogen) atoms. The number of amides is 1. The standard InChI is InChI=1S/C20H22ClFN2O3S/c1-2-16-5-3-4-12-24(16)20(25)14-6-11-18(21)19(13-14)23-28(26,27)17-9-7-15(22)8-10-17/h6-11,13,16,23H,2-5,12H2,1H3/t16-/m1/s1. The quantitative estimate of drug-likeness (QED) is 0.757. The molecule has 0 aliphatic carbocycles. The minimum absolute atomic E-state index is 0.0937. The van der Waals surface area contributed by atoms with Gasteiger partial charge in [-0.15, -0.1) is 0 Å². The number of carbonyl (C=O) groups is 1. The van der Waals surface area contributed by atoms with Gasteiger partial charge >= 0.3 is 0 Å². The molecule has 150 valence electrons. The SMILES string of the molecule is CC[C@@H]1CCCCN1C(=O)c1ccc(Cl)c(NS(=O)(=O)c2ccc(F)cc2)c1. The van der Waals surface area contributed by atoms with Crippen molar-refractivity contribution < 1.29 is 17.6 Å². The van der Waals surface area contributed by atoms with Crippen LogP contribution < -0.4 is 4.72 Å². The number of hydrogen-bond donors (Lipinski definition) is 1. The lowest BCUT2D eigenvalue weighted by Crippen LogP contribution is -2.43. The molecule has 0 saturated carbocycles. The number of likely N-dealkylation sites (tertiary alicyclic amines) is 1. The van der Waals surface area contributed by atoms with Crippen molar-refractivity contribution in [3.63, 3.8) is 0 Å². The van der Waals surface area contributed by atoms with Gasteiger partial charge in [0.2, 0.25) is 0 Å². The van der Waals surface area contributed by atoms with Crippen LogP contribution >= 0.6 is 11.6 Å².